The minimum atomic E-state index is -3.05. The van der Waals surface area contributed by atoms with E-state index in [2.05, 4.69) is 13.8 Å². The first-order valence-electron chi connectivity index (χ1n) is 13.1. The summed E-state index contributed by atoms with van der Waals surface area (Å²) in [6.07, 6.45) is 25.7. The molecule has 0 bridgehead atoms. The average molecular weight is 499 g/mol. The molecule has 0 amide bonds. The summed E-state index contributed by atoms with van der Waals surface area (Å²) in [5, 5.41) is 0. The molecule has 1 unspecified atom stereocenters. The van der Waals surface area contributed by atoms with E-state index >= 15 is 0 Å². The molecule has 31 heavy (non-hydrogen) atoms. The maximum absolute atomic E-state index is 10.1. The largest absolute Gasteiger partial charge is 0.334 e. The van der Waals surface area contributed by atoms with Crippen molar-refractivity contribution >= 4 is 29.2 Å². The topological polar surface area (TPSA) is 47.9 Å². The van der Waals surface area contributed by atoms with E-state index in [1.807, 2.05) is 0 Å². The van der Waals surface area contributed by atoms with Gasteiger partial charge in [-0.2, -0.15) is 4.67 Å². The second-order valence-corrected chi connectivity index (χ2v) is 14.2. The highest BCUT2D eigenvalue weighted by Crippen LogP contribution is 2.56. The lowest BCUT2D eigenvalue weighted by Crippen LogP contribution is -1.95. The second kappa shape index (κ2) is 25.5. The fourth-order valence-electron chi connectivity index (χ4n) is 3.52. The summed E-state index contributed by atoms with van der Waals surface area (Å²) in [7, 11) is 0. The van der Waals surface area contributed by atoms with Crippen molar-refractivity contribution in [2.45, 2.75) is 142 Å². The van der Waals surface area contributed by atoms with E-state index < -0.39 is 5.69 Å². The number of hydrogen-bond acceptors (Lipinski definition) is 5. The monoisotopic (exact) mass is 498 g/mol. The molecule has 0 saturated carbocycles. The van der Waals surface area contributed by atoms with Crippen LogP contribution in [0.15, 0.2) is 0 Å². The first-order chi connectivity index (χ1) is 15.1. The van der Waals surface area contributed by atoms with Gasteiger partial charge in [0.1, 0.15) is 0 Å². The Kier molecular flexibility index (Phi) is 26.2. The lowest BCUT2D eigenvalue weighted by Gasteiger charge is -2.13. The molecule has 7 heteroatoms. The van der Waals surface area contributed by atoms with Crippen LogP contribution >= 0.6 is 17.4 Å². The molecule has 0 rings (SSSR count). The molecule has 0 saturated heterocycles. The van der Waals surface area contributed by atoms with Gasteiger partial charge in [-0.1, -0.05) is 129 Å². The van der Waals surface area contributed by atoms with Crippen molar-refractivity contribution in [2.24, 2.45) is 0 Å². The standard InChI is InChI=1S/C24H51O4PS2/c1-3-5-7-9-11-13-15-17-19-21-23-26-28-29(25,30)31-27-24-22-20-18-16-14-12-10-8-6-4-2/h3-24H2,1-2H3,(H,25,30). The molecule has 0 aromatic rings. The highest BCUT2D eigenvalue weighted by molar-refractivity contribution is 8.65. The summed E-state index contributed by atoms with van der Waals surface area (Å²) >= 11 is 5.93. The van der Waals surface area contributed by atoms with Crippen LogP contribution in [0.1, 0.15) is 142 Å². The summed E-state index contributed by atoms with van der Waals surface area (Å²) < 4.78 is 10.5. The van der Waals surface area contributed by atoms with Crippen LogP contribution in [0.4, 0.5) is 0 Å². The molecule has 0 spiro atoms. The molecular formula is C24H51O4PS2. The lowest BCUT2D eigenvalue weighted by atomic mass is 10.1. The molecule has 0 fully saturated rings. The van der Waals surface area contributed by atoms with Gasteiger partial charge in [-0.15, -0.1) is 0 Å². The van der Waals surface area contributed by atoms with Crippen molar-refractivity contribution in [1.29, 1.82) is 0 Å². The van der Waals surface area contributed by atoms with Crippen molar-refractivity contribution in [3.8, 4) is 0 Å². The van der Waals surface area contributed by atoms with Crippen LogP contribution < -0.4 is 0 Å². The van der Waals surface area contributed by atoms with Crippen LogP contribution in [0.25, 0.3) is 0 Å². The third-order valence-corrected chi connectivity index (χ3v) is 8.00. The molecule has 1 atom stereocenters. The Hall–Kier alpha value is 0.840. The molecule has 0 aromatic heterocycles. The van der Waals surface area contributed by atoms with E-state index in [1.54, 1.807) is 0 Å². The van der Waals surface area contributed by atoms with Crippen LogP contribution in [0.2, 0.25) is 0 Å². The fraction of sp³-hybridized carbons (Fsp3) is 1.00. The van der Waals surface area contributed by atoms with Crippen LogP contribution in [0.5, 0.6) is 0 Å². The maximum atomic E-state index is 10.1. The van der Waals surface area contributed by atoms with E-state index in [4.69, 9.17) is 25.6 Å². The first kappa shape index (κ1) is 31.8. The Morgan fingerprint density at radius 2 is 0.935 bits per heavy atom. The zero-order valence-corrected chi connectivity index (χ0v) is 23.0. The van der Waals surface area contributed by atoms with Gasteiger partial charge in [-0.05, 0) is 24.6 Å². The normalized spacial score (nSPS) is 13.5. The smallest absolute Gasteiger partial charge is 0.302 e. The van der Waals surface area contributed by atoms with Gasteiger partial charge < -0.3 is 9.08 Å². The number of unbranched alkanes of at least 4 members (excludes halogenated alkanes) is 18. The van der Waals surface area contributed by atoms with Crippen molar-refractivity contribution in [3.05, 3.63) is 0 Å². The van der Waals surface area contributed by atoms with E-state index in [0.717, 1.165) is 30.9 Å². The first-order valence-corrected chi connectivity index (χ1v) is 17.1. The molecule has 0 radical (unpaired) electrons. The van der Waals surface area contributed by atoms with E-state index in [1.165, 1.54) is 109 Å². The Labute approximate surface area is 203 Å². The van der Waals surface area contributed by atoms with Crippen molar-refractivity contribution in [1.82, 2.24) is 0 Å². The van der Waals surface area contributed by atoms with Crippen molar-refractivity contribution in [2.75, 3.05) is 13.2 Å². The molecule has 0 heterocycles. The minimum Gasteiger partial charge on any atom is -0.334 e. The highest BCUT2D eigenvalue weighted by Gasteiger charge is 2.17. The molecule has 0 aromatic carbocycles. The third kappa shape index (κ3) is 27.0. The molecule has 0 aliphatic rings. The molecule has 0 aliphatic carbocycles. The molecule has 188 valence electrons. The van der Waals surface area contributed by atoms with E-state index in [9.17, 15) is 4.89 Å². The van der Waals surface area contributed by atoms with Crippen LogP contribution in [0.3, 0.4) is 0 Å². The zero-order valence-electron chi connectivity index (χ0n) is 20.5. The Balaban J connectivity index is 3.30. The van der Waals surface area contributed by atoms with Crippen molar-refractivity contribution < 1.29 is 18.6 Å². The van der Waals surface area contributed by atoms with Gasteiger partial charge in [-0.25, -0.2) is 4.89 Å². The minimum absolute atomic E-state index is 0.481. The summed E-state index contributed by atoms with van der Waals surface area (Å²) in [5.74, 6) is 0. The van der Waals surface area contributed by atoms with Gasteiger partial charge in [0.15, 0.2) is 0 Å². The zero-order chi connectivity index (χ0) is 22.9. The van der Waals surface area contributed by atoms with Crippen molar-refractivity contribution in [3.63, 3.8) is 0 Å². The predicted molar refractivity (Wildman–Crippen MR) is 141 cm³/mol. The average Bonchev–Trinajstić information content (AvgIpc) is 2.75. The fourth-order valence-corrected chi connectivity index (χ4v) is 5.42. The van der Waals surface area contributed by atoms with Gasteiger partial charge >= 0.3 is 5.69 Å². The maximum Gasteiger partial charge on any atom is 0.302 e. The van der Waals surface area contributed by atoms with Gasteiger partial charge in [-0.3, -0.25) is 0 Å². The summed E-state index contributed by atoms with van der Waals surface area (Å²) in [4.78, 5) is 15.2. The second-order valence-electron chi connectivity index (χ2n) is 8.63. The van der Waals surface area contributed by atoms with E-state index in [-0.39, 0.29) is 0 Å². The Morgan fingerprint density at radius 3 is 1.35 bits per heavy atom. The number of rotatable bonds is 26. The summed E-state index contributed by atoms with van der Waals surface area (Å²) in [6, 6.07) is 0. The van der Waals surface area contributed by atoms with Crippen LogP contribution in [-0.4, -0.2) is 18.1 Å². The van der Waals surface area contributed by atoms with Gasteiger partial charge in [0.05, 0.1) is 24.9 Å². The van der Waals surface area contributed by atoms with Gasteiger partial charge in [0.2, 0.25) is 0 Å². The quantitative estimate of drug-likeness (QED) is 0.0421. The molecular weight excluding hydrogens is 447 g/mol. The lowest BCUT2D eigenvalue weighted by molar-refractivity contribution is -0.204. The third-order valence-electron chi connectivity index (χ3n) is 5.46. The summed E-state index contributed by atoms with van der Waals surface area (Å²) in [6.45, 7) is 5.59. The van der Waals surface area contributed by atoms with Gasteiger partial charge in [0, 0.05) is 0 Å². The van der Waals surface area contributed by atoms with Crippen LogP contribution in [0, 0.1) is 0 Å². The van der Waals surface area contributed by atoms with Crippen LogP contribution in [-0.2, 0) is 25.6 Å². The highest BCUT2D eigenvalue weighted by atomic mass is 32.9. The van der Waals surface area contributed by atoms with E-state index in [0.29, 0.717) is 13.2 Å². The number of hydrogen-bond donors (Lipinski definition) is 1. The Morgan fingerprint density at radius 1 is 0.581 bits per heavy atom. The molecule has 4 nitrogen and oxygen atoms in total. The Bertz CT molecular complexity index is 368. The molecule has 1 N–H and O–H groups in total. The summed E-state index contributed by atoms with van der Waals surface area (Å²) in [5.41, 5.74) is -3.05. The van der Waals surface area contributed by atoms with Gasteiger partial charge in [0.25, 0.3) is 0 Å². The SMILES string of the molecule is CCCCCCCCCCCCOOP(O)(=S)SOCCCCCCCCCCCC. The molecule has 0 aliphatic heterocycles. The predicted octanol–water partition coefficient (Wildman–Crippen LogP) is 9.66.